The molecule has 3 heteroatoms. The second-order valence-electron chi connectivity index (χ2n) is 6.28. The topological polar surface area (TPSA) is 49.3 Å². The molecule has 19 heavy (non-hydrogen) atoms. The zero-order valence-electron chi connectivity index (χ0n) is 12.7. The van der Waals surface area contributed by atoms with Crippen molar-refractivity contribution in [2.75, 3.05) is 0 Å². The molecule has 3 nitrogen and oxygen atoms in total. The number of carboxylic acids is 1. The normalized spacial score (nSPS) is 20.1. The van der Waals surface area contributed by atoms with Gasteiger partial charge >= 0.3 is 5.97 Å². The van der Waals surface area contributed by atoms with Crippen LogP contribution in [-0.2, 0) is 4.79 Å². The first kappa shape index (κ1) is 16.5. The van der Waals surface area contributed by atoms with Crippen molar-refractivity contribution in [2.24, 2.45) is 0 Å². The number of hydrogen-bond acceptors (Lipinski definition) is 2. The van der Waals surface area contributed by atoms with Gasteiger partial charge in [0.2, 0.25) is 0 Å². The van der Waals surface area contributed by atoms with Gasteiger partial charge in [0.15, 0.2) is 0 Å². The molecule has 0 radical (unpaired) electrons. The van der Waals surface area contributed by atoms with Gasteiger partial charge in [0.05, 0.1) is 0 Å². The highest BCUT2D eigenvalue weighted by Crippen LogP contribution is 2.23. The third kappa shape index (κ3) is 5.94. The van der Waals surface area contributed by atoms with E-state index in [1.807, 2.05) is 6.92 Å². The highest BCUT2D eigenvalue weighted by atomic mass is 16.4. The zero-order valence-corrected chi connectivity index (χ0v) is 12.7. The Kier molecular flexibility index (Phi) is 7.44. The maximum atomic E-state index is 11.6. The highest BCUT2D eigenvalue weighted by Gasteiger charge is 2.34. The third-order valence-corrected chi connectivity index (χ3v) is 4.38. The Morgan fingerprint density at radius 2 is 1.79 bits per heavy atom. The number of carboxylic acid groups (broad SMARTS) is 1. The summed E-state index contributed by atoms with van der Waals surface area (Å²) in [4.78, 5) is 11.6. The average molecular weight is 269 g/mol. The minimum Gasteiger partial charge on any atom is -0.480 e. The molecule has 1 rings (SSSR count). The highest BCUT2D eigenvalue weighted by molar-refractivity contribution is 5.78. The third-order valence-electron chi connectivity index (χ3n) is 4.38. The summed E-state index contributed by atoms with van der Waals surface area (Å²) >= 11 is 0. The monoisotopic (exact) mass is 269 g/mol. The van der Waals surface area contributed by atoms with Crippen molar-refractivity contribution in [1.29, 1.82) is 0 Å². The van der Waals surface area contributed by atoms with Crippen LogP contribution in [0.3, 0.4) is 0 Å². The molecule has 0 aromatic rings. The minimum absolute atomic E-state index is 0.408. The van der Waals surface area contributed by atoms with Gasteiger partial charge in [-0.2, -0.15) is 0 Å². The van der Waals surface area contributed by atoms with Crippen LogP contribution in [0.4, 0.5) is 0 Å². The van der Waals surface area contributed by atoms with E-state index in [0.717, 1.165) is 32.1 Å². The Morgan fingerprint density at radius 1 is 1.16 bits per heavy atom. The van der Waals surface area contributed by atoms with Gasteiger partial charge in [0.25, 0.3) is 0 Å². The number of unbranched alkanes of at least 4 members (excludes halogenated alkanes) is 4. The van der Waals surface area contributed by atoms with Gasteiger partial charge in [-0.15, -0.1) is 0 Å². The molecule has 0 aromatic carbocycles. The van der Waals surface area contributed by atoms with Crippen LogP contribution in [0.25, 0.3) is 0 Å². The summed E-state index contributed by atoms with van der Waals surface area (Å²) in [7, 11) is 0. The van der Waals surface area contributed by atoms with E-state index in [-0.39, 0.29) is 0 Å². The Hall–Kier alpha value is -0.570. The number of carbonyl (C=O) groups is 1. The minimum atomic E-state index is -0.728. The second-order valence-corrected chi connectivity index (χ2v) is 6.28. The van der Waals surface area contributed by atoms with Crippen molar-refractivity contribution in [3.8, 4) is 0 Å². The standard InChI is InChI=1S/C16H31NO2/c1-3-4-5-6-10-13-16(2,15(18)19)17-14-11-8-7-9-12-14/h14,17H,3-13H2,1-2H3,(H,18,19). The van der Waals surface area contributed by atoms with Crippen molar-refractivity contribution in [1.82, 2.24) is 5.32 Å². The van der Waals surface area contributed by atoms with Crippen molar-refractivity contribution in [3.05, 3.63) is 0 Å². The van der Waals surface area contributed by atoms with Crippen LogP contribution in [0.15, 0.2) is 0 Å². The summed E-state index contributed by atoms with van der Waals surface area (Å²) in [5.41, 5.74) is -0.728. The van der Waals surface area contributed by atoms with Crippen LogP contribution in [0.2, 0.25) is 0 Å². The molecule has 1 atom stereocenters. The smallest absolute Gasteiger partial charge is 0.323 e. The second kappa shape index (κ2) is 8.57. The van der Waals surface area contributed by atoms with E-state index < -0.39 is 11.5 Å². The molecule has 112 valence electrons. The van der Waals surface area contributed by atoms with Gasteiger partial charge in [-0.1, -0.05) is 58.3 Å². The summed E-state index contributed by atoms with van der Waals surface area (Å²) in [5.74, 6) is -0.687. The van der Waals surface area contributed by atoms with Gasteiger partial charge in [0, 0.05) is 6.04 Å². The summed E-state index contributed by atoms with van der Waals surface area (Å²) in [6, 6.07) is 0.408. The lowest BCUT2D eigenvalue weighted by atomic mass is 9.89. The first-order valence-electron chi connectivity index (χ1n) is 8.09. The first-order valence-corrected chi connectivity index (χ1v) is 8.09. The molecule has 1 aliphatic carbocycles. The van der Waals surface area contributed by atoms with Crippen LogP contribution in [0.1, 0.15) is 84.5 Å². The quantitative estimate of drug-likeness (QED) is 0.619. The van der Waals surface area contributed by atoms with Gasteiger partial charge in [-0.05, 0) is 26.2 Å². The molecule has 1 fully saturated rings. The number of rotatable bonds is 9. The number of hydrogen-bond donors (Lipinski definition) is 2. The Morgan fingerprint density at radius 3 is 2.37 bits per heavy atom. The largest absolute Gasteiger partial charge is 0.480 e. The molecule has 1 aliphatic rings. The molecule has 1 saturated carbocycles. The summed E-state index contributed by atoms with van der Waals surface area (Å²) in [5, 5.41) is 12.9. The van der Waals surface area contributed by atoms with Crippen LogP contribution in [0.5, 0.6) is 0 Å². The van der Waals surface area contributed by atoms with Crippen molar-refractivity contribution >= 4 is 5.97 Å². The van der Waals surface area contributed by atoms with Crippen molar-refractivity contribution < 1.29 is 9.90 Å². The van der Waals surface area contributed by atoms with E-state index in [2.05, 4.69) is 12.2 Å². The predicted octanol–water partition coefficient (Wildman–Crippen LogP) is 4.11. The lowest BCUT2D eigenvalue weighted by molar-refractivity contribution is -0.145. The summed E-state index contributed by atoms with van der Waals surface area (Å²) in [6.45, 7) is 4.07. The van der Waals surface area contributed by atoms with Crippen LogP contribution >= 0.6 is 0 Å². The molecule has 0 aromatic heterocycles. The Labute approximate surface area is 118 Å². The van der Waals surface area contributed by atoms with E-state index in [1.54, 1.807) is 0 Å². The van der Waals surface area contributed by atoms with E-state index in [0.29, 0.717) is 6.04 Å². The fourth-order valence-corrected chi connectivity index (χ4v) is 3.02. The van der Waals surface area contributed by atoms with E-state index in [1.165, 1.54) is 38.5 Å². The molecule has 0 amide bonds. The van der Waals surface area contributed by atoms with Gasteiger partial charge < -0.3 is 5.11 Å². The summed E-state index contributed by atoms with van der Waals surface area (Å²) in [6.07, 6.45) is 12.7. The van der Waals surface area contributed by atoms with Gasteiger partial charge in [-0.3, -0.25) is 10.1 Å². The Balaban J connectivity index is 2.37. The molecule has 0 aliphatic heterocycles. The van der Waals surface area contributed by atoms with E-state index in [4.69, 9.17) is 0 Å². The predicted molar refractivity (Wildman–Crippen MR) is 79.4 cm³/mol. The van der Waals surface area contributed by atoms with Gasteiger partial charge in [0.1, 0.15) is 5.54 Å². The molecule has 2 N–H and O–H groups in total. The number of nitrogens with one attached hydrogen (secondary N) is 1. The molecular formula is C16H31NO2. The number of aliphatic carboxylic acids is 1. The maximum absolute atomic E-state index is 11.6. The van der Waals surface area contributed by atoms with E-state index in [9.17, 15) is 9.90 Å². The van der Waals surface area contributed by atoms with E-state index >= 15 is 0 Å². The molecule has 0 saturated heterocycles. The lowest BCUT2D eigenvalue weighted by Gasteiger charge is -2.33. The summed E-state index contributed by atoms with van der Waals surface area (Å²) < 4.78 is 0. The lowest BCUT2D eigenvalue weighted by Crippen LogP contribution is -2.54. The molecule has 1 unspecified atom stereocenters. The maximum Gasteiger partial charge on any atom is 0.323 e. The molecule has 0 heterocycles. The zero-order chi connectivity index (χ0) is 14.1. The van der Waals surface area contributed by atoms with Crippen LogP contribution in [-0.4, -0.2) is 22.7 Å². The van der Waals surface area contributed by atoms with Crippen LogP contribution < -0.4 is 5.32 Å². The molecule has 0 spiro atoms. The van der Waals surface area contributed by atoms with Crippen molar-refractivity contribution in [2.45, 2.75) is 96.1 Å². The first-order chi connectivity index (χ1) is 9.08. The van der Waals surface area contributed by atoms with Crippen LogP contribution in [0, 0.1) is 0 Å². The van der Waals surface area contributed by atoms with Gasteiger partial charge in [-0.25, -0.2) is 0 Å². The average Bonchev–Trinajstić information content (AvgIpc) is 2.39. The fraction of sp³-hybridized carbons (Fsp3) is 0.938. The molecular weight excluding hydrogens is 238 g/mol. The Bertz CT molecular complexity index is 261. The fourth-order valence-electron chi connectivity index (χ4n) is 3.02. The molecule has 0 bridgehead atoms. The SMILES string of the molecule is CCCCCCCC(C)(NC1CCCCC1)C(=O)O. The van der Waals surface area contributed by atoms with Crippen molar-refractivity contribution in [3.63, 3.8) is 0 Å².